The number of aromatic nitrogens is 2. The lowest BCUT2D eigenvalue weighted by Crippen LogP contribution is -1.94. The van der Waals surface area contributed by atoms with Crippen LogP contribution in [0.5, 0.6) is 0 Å². The molecule has 10 aromatic rings. The van der Waals surface area contributed by atoms with E-state index in [9.17, 15) is 0 Å². The van der Waals surface area contributed by atoms with Crippen molar-refractivity contribution in [3.05, 3.63) is 182 Å². The largest absolute Gasteiger partial charge is 0.453 e. The second-order valence-corrected chi connectivity index (χ2v) is 12.7. The van der Waals surface area contributed by atoms with Crippen molar-refractivity contribution in [3.63, 3.8) is 0 Å². The maximum atomic E-state index is 7.03. The third-order valence-corrected chi connectivity index (χ3v) is 9.80. The van der Waals surface area contributed by atoms with Crippen molar-refractivity contribution in [2.75, 3.05) is 0 Å². The normalized spacial score (nSPS) is 11.6. The monoisotopic (exact) mass is 638 g/mol. The highest BCUT2D eigenvalue weighted by atomic mass is 16.3. The smallest absolute Gasteiger partial charge is 0.159 e. The molecule has 0 amide bonds. The molecule has 0 unspecified atom stereocenters. The molecule has 3 aromatic heterocycles. The molecule has 3 nitrogen and oxygen atoms in total. The Morgan fingerprint density at radius 1 is 0.360 bits per heavy atom. The van der Waals surface area contributed by atoms with Gasteiger partial charge in [-0.15, -0.1) is 0 Å². The number of pyridine rings is 1. The molecule has 234 valence electrons. The van der Waals surface area contributed by atoms with Crippen LogP contribution in [0.3, 0.4) is 0 Å². The van der Waals surface area contributed by atoms with Gasteiger partial charge in [0, 0.05) is 38.2 Å². The molecule has 3 heteroatoms. The van der Waals surface area contributed by atoms with Gasteiger partial charge in [-0.3, -0.25) is 0 Å². The Hall–Kier alpha value is -6.71. The lowest BCUT2D eigenvalue weighted by molar-refractivity contribution is 0.667. The van der Waals surface area contributed by atoms with E-state index in [1.54, 1.807) is 0 Å². The first-order valence-electron chi connectivity index (χ1n) is 17.0. The summed E-state index contributed by atoms with van der Waals surface area (Å²) in [5, 5.41) is 4.61. The number of fused-ring (bicyclic) bond motifs is 6. The summed E-state index contributed by atoms with van der Waals surface area (Å²) in [6.07, 6.45) is 0. The first kappa shape index (κ1) is 28.3. The van der Waals surface area contributed by atoms with Crippen LogP contribution >= 0.6 is 0 Å². The number of hydrogen-bond donors (Lipinski definition) is 0. The van der Waals surface area contributed by atoms with Crippen LogP contribution in [-0.4, -0.2) is 9.55 Å². The number of benzene rings is 7. The highest BCUT2D eigenvalue weighted by Crippen LogP contribution is 2.42. The summed E-state index contributed by atoms with van der Waals surface area (Å²) in [5.41, 5.74) is 13.6. The first-order chi connectivity index (χ1) is 24.8. The third kappa shape index (κ3) is 4.56. The van der Waals surface area contributed by atoms with Gasteiger partial charge in [0.2, 0.25) is 0 Å². The zero-order valence-corrected chi connectivity index (χ0v) is 27.1. The van der Waals surface area contributed by atoms with Gasteiger partial charge in [-0.05, 0) is 53.1 Å². The van der Waals surface area contributed by atoms with Crippen LogP contribution < -0.4 is 0 Å². The molecule has 0 N–H and O–H groups in total. The van der Waals surface area contributed by atoms with Gasteiger partial charge < -0.3 is 8.98 Å². The molecule has 0 aliphatic rings. The maximum Gasteiger partial charge on any atom is 0.159 e. The Morgan fingerprint density at radius 2 is 0.920 bits per heavy atom. The average Bonchev–Trinajstić information content (AvgIpc) is 3.74. The fraction of sp³-hybridized carbons (Fsp3) is 0. The molecule has 0 radical (unpaired) electrons. The summed E-state index contributed by atoms with van der Waals surface area (Å²) in [6, 6.07) is 64.1. The Labute approximate surface area is 289 Å². The Bertz CT molecular complexity index is 2790. The summed E-state index contributed by atoms with van der Waals surface area (Å²) in [4.78, 5) is 5.12. The minimum absolute atomic E-state index is 0.866. The molecule has 50 heavy (non-hydrogen) atoms. The van der Waals surface area contributed by atoms with Crippen LogP contribution in [0.1, 0.15) is 0 Å². The van der Waals surface area contributed by atoms with E-state index in [0.717, 1.165) is 72.3 Å². The van der Waals surface area contributed by atoms with E-state index in [-0.39, 0.29) is 0 Å². The number of furan rings is 1. The average molecular weight is 639 g/mol. The second-order valence-electron chi connectivity index (χ2n) is 12.7. The van der Waals surface area contributed by atoms with E-state index in [1.807, 2.05) is 12.1 Å². The minimum Gasteiger partial charge on any atom is -0.453 e. The molecule has 0 aliphatic carbocycles. The van der Waals surface area contributed by atoms with Gasteiger partial charge in [0.25, 0.3) is 0 Å². The summed E-state index contributed by atoms with van der Waals surface area (Å²) < 4.78 is 9.39. The summed E-state index contributed by atoms with van der Waals surface area (Å²) in [5.74, 6) is 0. The topological polar surface area (TPSA) is 31.0 Å². The molecule has 0 atom stereocenters. The van der Waals surface area contributed by atoms with Gasteiger partial charge in [0.1, 0.15) is 5.58 Å². The molecular formula is C47H30N2O. The zero-order valence-electron chi connectivity index (χ0n) is 27.1. The predicted octanol–water partition coefficient (Wildman–Crippen LogP) is 12.7. The zero-order chi connectivity index (χ0) is 33.0. The van der Waals surface area contributed by atoms with E-state index < -0.39 is 0 Å². The van der Waals surface area contributed by atoms with E-state index >= 15 is 0 Å². The van der Waals surface area contributed by atoms with E-state index in [1.165, 1.54) is 21.9 Å². The fourth-order valence-electron chi connectivity index (χ4n) is 7.45. The lowest BCUT2D eigenvalue weighted by Gasteiger charge is -2.11. The Balaban J connectivity index is 1.21. The van der Waals surface area contributed by atoms with Crippen LogP contribution in [0.15, 0.2) is 186 Å². The summed E-state index contributed by atoms with van der Waals surface area (Å²) in [7, 11) is 0. The number of rotatable bonds is 5. The molecule has 0 aliphatic heterocycles. The number of hydrogen-bond acceptors (Lipinski definition) is 2. The van der Waals surface area contributed by atoms with Crippen molar-refractivity contribution in [1.82, 2.24) is 9.55 Å². The van der Waals surface area contributed by atoms with Gasteiger partial charge >= 0.3 is 0 Å². The lowest BCUT2D eigenvalue weighted by atomic mass is 9.98. The van der Waals surface area contributed by atoms with Gasteiger partial charge in [-0.25, -0.2) is 4.98 Å². The van der Waals surface area contributed by atoms with Crippen LogP contribution in [0.4, 0.5) is 0 Å². The second kappa shape index (κ2) is 11.5. The molecule has 3 heterocycles. The predicted molar refractivity (Wildman–Crippen MR) is 208 cm³/mol. The SMILES string of the molecule is c1ccc(-c2ccc3c(c2)c2ccccc2n3-c2cccc3c2oc2c(-c4cc(-c5ccccc5)nc(-c5ccccc5)c4)cccc23)cc1. The van der Waals surface area contributed by atoms with Crippen LogP contribution in [-0.2, 0) is 0 Å². The highest BCUT2D eigenvalue weighted by Gasteiger charge is 2.20. The van der Waals surface area contributed by atoms with Gasteiger partial charge in [-0.2, -0.15) is 0 Å². The van der Waals surface area contributed by atoms with Crippen molar-refractivity contribution >= 4 is 43.7 Å². The molecule has 0 bridgehead atoms. The first-order valence-corrected chi connectivity index (χ1v) is 17.0. The van der Waals surface area contributed by atoms with Crippen molar-refractivity contribution < 1.29 is 4.42 Å². The third-order valence-electron chi connectivity index (χ3n) is 9.80. The minimum atomic E-state index is 0.866. The molecule has 0 spiro atoms. The summed E-state index contributed by atoms with van der Waals surface area (Å²) in [6.45, 7) is 0. The Kier molecular flexibility index (Phi) is 6.49. The molecule has 0 fully saturated rings. The fourth-order valence-corrected chi connectivity index (χ4v) is 7.45. The Morgan fingerprint density at radius 3 is 1.62 bits per heavy atom. The van der Waals surface area contributed by atoms with Crippen molar-refractivity contribution in [2.45, 2.75) is 0 Å². The quantitative estimate of drug-likeness (QED) is 0.188. The van der Waals surface area contributed by atoms with E-state index in [0.29, 0.717) is 0 Å². The molecule has 0 saturated carbocycles. The van der Waals surface area contributed by atoms with Crippen molar-refractivity contribution in [1.29, 1.82) is 0 Å². The maximum absolute atomic E-state index is 7.03. The number of para-hydroxylation sites is 3. The van der Waals surface area contributed by atoms with Crippen LogP contribution in [0.2, 0.25) is 0 Å². The van der Waals surface area contributed by atoms with Crippen molar-refractivity contribution in [2.24, 2.45) is 0 Å². The molecular weight excluding hydrogens is 609 g/mol. The standard InChI is InChI=1S/C47H30N2O/c1-4-14-31(15-5-1)34-26-27-44-40(28-34)37-20-10-11-24-43(37)49(44)45-25-13-23-39-38-22-12-21-36(46(38)50-47(39)45)35-29-41(32-16-6-2-7-17-32)48-42(30-35)33-18-8-3-9-19-33/h1-30H. The van der Waals surface area contributed by atoms with Crippen LogP contribution in [0.25, 0.3) is 94.2 Å². The van der Waals surface area contributed by atoms with E-state index in [4.69, 9.17) is 9.40 Å². The van der Waals surface area contributed by atoms with Gasteiger partial charge in [0.15, 0.2) is 5.58 Å². The molecule has 10 rings (SSSR count). The van der Waals surface area contributed by atoms with Crippen LogP contribution in [0, 0.1) is 0 Å². The van der Waals surface area contributed by atoms with Gasteiger partial charge in [0.05, 0.1) is 28.1 Å². The van der Waals surface area contributed by atoms with Gasteiger partial charge in [-0.1, -0.05) is 146 Å². The van der Waals surface area contributed by atoms with E-state index in [2.05, 4.69) is 174 Å². The molecule has 7 aromatic carbocycles. The highest BCUT2D eigenvalue weighted by molar-refractivity contribution is 6.15. The summed E-state index contributed by atoms with van der Waals surface area (Å²) >= 11 is 0. The van der Waals surface area contributed by atoms with Crippen molar-refractivity contribution in [3.8, 4) is 50.5 Å². The number of nitrogens with zero attached hydrogens (tertiary/aromatic N) is 2. The molecule has 0 saturated heterocycles.